The number of H-pyrrole nitrogens is 1. The molecule has 0 spiro atoms. The van der Waals surface area contributed by atoms with Crippen molar-refractivity contribution in [1.29, 1.82) is 0 Å². The zero-order valence-corrected chi connectivity index (χ0v) is 14.7. The second kappa shape index (κ2) is 8.01. The number of aromatic nitrogens is 3. The smallest absolute Gasteiger partial charge is 0.230 e. The monoisotopic (exact) mass is 334 g/mol. The van der Waals surface area contributed by atoms with Gasteiger partial charge in [-0.25, -0.2) is 4.98 Å². The summed E-state index contributed by atoms with van der Waals surface area (Å²) in [4.78, 5) is 16.1. The van der Waals surface area contributed by atoms with Crippen molar-refractivity contribution < 1.29 is 9.53 Å². The lowest BCUT2D eigenvalue weighted by molar-refractivity contribution is -0.119. The van der Waals surface area contributed by atoms with Gasteiger partial charge in [0.25, 0.3) is 0 Å². The Hall–Kier alpha value is -2.02. The normalized spacial score (nSPS) is 12.0. The molecule has 124 valence electrons. The molecule has 1 amide bonds. The Morgan fingerprint density at radius 1 is 1.35 bits per heavy atom. The van der Waals surface area contributed by atoms with Crippen molar-refractivity contribution in [3.05, 3.63) is 35.2 Å². The molecule has 0 saturated heterocycles. The van der Waals surface area contributed by atoms with Crippen LogP contribution in [-0.2, 0) is 4.79 Å². The molecule has 1 aromatic heterocycles. The Labute approximate surface area is 140 Å². The van der Waals surface area contributed by atoms with E-state index >= 15 is 0 Å². The molecule has 1 atom stereocenters. The molecule has 0 unspecified atom stereocenters. The van der Waals surface area contributed by atoms with Crippen LogP contribution in [0.3, 0.4) is 0 Å². The van der Waals surface area contributed by atoms with Gasteiger partial charge in [0.1, 0.15) is 18.2 Å². The molecular formula is C16H22N4O2S. The summed E-state index contributed by atoms with van der Waals surface area (Å²) in [6, 6.07) is 5.96. The van der Waals surface area contributed by atoms with Crippen LogP contribution < -0.4 is 10.1 Å². The molecule has 1 heterocycles. The van der Waals surface area contributed by atoms with E-state index in [0.717, 1.165) is 22.7 Å². The van der Waals surface area contributed by atoms with Gasteiger partial charge >= 0.3 is 0 Å². The van der Waals surface area contributed by atoms with E-state index in [9.17, 15) is 4.79 Å². The fourth-order valence-electron chi connectivity index (χ4n) is 2.11. The van der Waals surface area contributed by atoms with Crippen molar-refractivity contribution in [3.63, 3.8) is 0 Å². The summed E-state index contributed by atoms with van der Waals surface area (Å²) in [5.41, 5.74) is 2.19. The van der Waals surface area contributed by atoms with E-state index in [0.29, 0.717) is 11.8 Å². The van der Waals surface area contributed by atoms with E-state index in [4.69, 9.17) is 4.74 Å². The van der Waals surface area contributed by atoms with Gasteiger partial charge in [0.05, 0.1) is 11.8 Å². The highest BCUT2D eigenvalue weighted by molar-refractivity contribution is 7.99. The Morgan fingerprint density at radius 3 is 2.65 bits per heavy atom. The molecule has 0 aliphatic rings. The molecule has 0 bridgehead atoms. The minimum atomic E-state index is -0.0732. The number of hydrogen-bond donors (Lipinski definition) is 2. The molecule has 0 saturated carbocycles. The maximum absolute atomic E-state index is 11.9. The zero-order valence-electron chi connectivity index (χ0n) is 13.8. The highest BCUT2D eigenvalue weighted by atomic mass is 32.2. The number of thioether (sulfide) groups is 1. The lowest BCUT2D eigenvalue weighted by Gasteiger charge is -2.17. The van der Waals surface area contributed by atoms with Crippen LogP contribution in [0.1, 0.15) is 23.9 Å². The highest BCUT2D eigenvalue weighted by Gasteiger charge is 2.11. The van der Waals surface area contributed by atoms with Crippen molar-refractivity contribution in [1.82, 2.24) is 20.5 Å². The average molecular weight is 334 g/mol. The minimum absolute atomic E-state index is 0.0601. The van der Waals surface area contributed by atoms with E-state index in [2.05, 4.69) is 20.5 Å². The second-order valence-corrected chi connectivity index (χ2v) is 6.44. The molecule has 6 nitrogen and oxygen atoms in total. The first kappa shape index (κ1) is 17.3. The first-order valence-electron chi connectivity index (χ1n) is 7.46. The van der Waals surface area contributed by atoms with Gasteiger partial charge in [-0.05, 0) is 38.8 Å². The SMILES string of the molecule is Cc1nc(SCC(=O)N[C@H](C)COc2c(C)cccc2C)n[nH]1. The quantitative estimate of drug-likeness (QED) is 0.760. The number of ether oxygens (including phenoxy) is 1. The number of benzene rings is 1. The number of carbonyl (C=O) groups is 1. The number of amides is 1. The van der Waals surface area contributed by atoms with Crippen LogP contribution in [-0.4, -0.2) is 39.5 Å². The third kappa shape index (κ3) is 5.28. The van der Waals surface area contributed by atoms with Gasteiger partial charge in [0.15, 0.2) is 0 Å². The van der Waals surface area contributed by atoms with Gasteiger partial charge in [-0.3, -0.25) is 9.89 Å². The van der Waals surface area contributed by atoms with Crippen molar-refractivity contribution >= 4 is 17.7 Å². The number of rotatable bonds is 7. The number of carbonyl (C=O) groups excluding carboxylic acids is 1. The van der Waals surface area contributed by atoms with Crippen molar-refractivity contribution in [2.24, 2.45) is 0 Å². The number of aryl methyl sites for hydroxylation is 3. The molecule has 1 aromatic carbocycles. The zero-order chi connectivity index (χ0) is 16.8. The fraction of sp³-hybridized carbons (Fsp3) is 0.438. The molecule has 23 heavy (non-hydrogen) atoms. The van der Waals surface area contributed by atoms with E-state index < -0.39 is 0 Å². The number of nitrogens with zero attached hydrogens (tertiary/aromatic N) is 2. The number of para-hydroxylation sites is 1. The lowest BCUT2D eigenvalue weighted by atomic mass is 10.1. The molecule has 7 heteroatoms. The maximum Gasteiger partial charge on any atom is 0.230 e. The van der Waals surface area contributed by atoms with Crippen LogP contribution in [0.15, 0.2) is 23.4 Å². The van der Waals surface area contributed by atoms with Crippen molar-refractivity contribution in [2.75, 3.05) is 12.4 Å². The predicted molar refractivity (Wildman–Crippen MR) is 90.9 cm³/mol. The van der Waals surface area contributed by atoms with Gasteiger partial charge in [-0.2, -0.15) is 0 Å². The van der Waals surface area contributed by atoms with Crippen molar-refractivity contribution in [3.8, 4) is 5.75 Å². The molecule has 2 aromatic rings. The summed E-state index contributed by atoms with van der Waals surface area (Å²) < 4.78 is 5.85. The Morgan fingerprint density at radius 2 is 2.04 bits per heavy atom. The average Bonchev–Trinajstić information content (AvgIpc) is 2.90. The predicted octanol–water partition coefficient (Wildman–Crippen LogP) is 2.41. The number of hydrogen-bond acceptors (Lipinski definition) is 5. The van der Waals surface area contributed by atoms with E-state index in [1.54, 1.807) is 0 Å². The minimum Gasteiger partial charge on any atom is -0.491 e. The topological polar surface area (TPSA) is 79.9 Å². The summed E-state index contributed by atoms with van der Waals surface area (Å²) in [5.74, 6) is 1.85. The molecule has 0 aliphatic heterocycles. The molecular weight excluding hydrogens is 312 g/mol. The summed E-state index contributed by atoms with van der Waals surface area (Å²) >= 11 is 1.30. The van der Waals surface area contributed by atoms with E-state index in [1.807, 2.05) is 45.9 Å². The molecule has 0 fully saturated rings. The largest absolute Gasteiger partial charge is 0.491 e. The van der Waals surface area contributed by atoms with Crippen LogP contribution in [0.2, 0.25) is 0 Å². The second-order valence-electron chi connectivity index (χ2n) is 5.49. The van der Waals surface area contributed by atoms with Crippen LogP contribution in [0.4, 0.5) is 0 Å². The Balaban J connectivity index is 1.75. The summed E-state index contributed by atoms with van der Waals surface area (Å²) in [7, 11) is 0. The standard InChI is InChI=1S/C16H22N4O2S/c1-10-6-5-7-11(2)15(10)22-8-12(3)17-14(21)9-23-16-18-13(4)19-20-16/h5-7,12H,8-9H2,1-4H3,(H,17,21)(H,18,19,20)/t12-/m1/s1. The van der Waals surface area contributed by atoms with Crippen molar-refractivity contribution in [2.45, 2.75) is 38.9 Å². The fourth-order valence-corrected chi connectivity index (χ4v) is 2.77. The molecule has 0 radical (unpaired) electrons. The van der Waals surface area contributed by atoms with Crippen LogP contribution >= 0.6 is 11.8 Å². The maximum atomic E-state index is 11.9. The van der Waals surface area contributed by atoms with Gasteiger partial charge < -0.3 is 10.1 Å². The van der Waals surface area contributed by atoms with Gasteiger partial charge in [-0.1, -0.05) is 30.0 Å². The molecule has 0 aliphatic carbocycles. The van der Waals surface area contributed by atoms with Crippen LogP contribution in [0, 0.1) is 20.8 Å². The van der Waals surface area contributed by atoms with Crippen LogP contribution in [0.25, 0.3) is 0 Å². The third-order valence-corrected chi connectivity index (χ3v) is 4.05. The van der Waals surface area contributed by atoms with Gasteiger partial charge in [0.2, 0.25) is 11.1 Å². The third-order valence-electron chi connectivity index (χ3n) is 3.20. The highest BCUT2D eigenvalue weighted by Crippen LogP contribution is 2.22. The summed E-state index contributed by atoms with van der Waals surface area (Å²) in [5, 5.41) is 10.2. The summed E-state index contributed by atoms with van der Waals surface area (Å²) in [6.07, 6.45) is 0. The van der Waals surface area contributed by atoms with Crippen LogP contribution in [0.5, 0.6) is 5.75 Å². The van der Waals surface area contributed by atoms with E-state index in [1.165, 1.54) is 11.8 Å². The summed E-state index contributed by atoms with van der Waals surface area (Å²) in [6.45, 7) is 8.21. The Kier molecular flexibility index (Phi) is 6.04. The first-order chi connectivity index (χ1) is 11.0. The molecule has 2 N–H and O–H groups in total. The van der Waals surface area contributed by atoms with Gasteiger partial charge in [-0.15, -0.1) is 5.10 Å². The van der Waals surface area contributed by atoms with E-state index in [-0.39, 0.29) is 17.7 Å². The Bertz CT molecular complexity index is 652. The number of nitrogens with one attached hydrogen (secondary N) is 2. The van der Waals surface area contributed by atoms with Gasteiger partial charge in [0, 0.05) is 0 Å². The lowest BCUT2D eigenvalue weighted by Crippen LogP contribution is -2.37. The number of aromatic amines is 1. The molecule has 2 rings (SSSR count). The first-order valence-corrected chi connectivity index (χ1v) is 8.44.